The molecule has 1 aliphatic rings. The molecule has 0 saturated heterocycles. The molecule has 1 saturated carbocycles. The molecule has 0 aromatic rings. The average molecular weight is 279 g/mol. The molecule has 116 valence electrons. The Morgan fingerprint density at radius 3 is 2.45 bits per heavy atom. The fourth-order valence-corrected chi connectivity index (χ4v) is 2.52. The summed E-state index contributed by atoms with van der Waals surface area (Å²) < 4.78 is 0. The van der Waals surface area contributed by atoms with Crippen LogP contribution in [0.1, 0.15) is 66.7 Å². The predicted molar refractivity (Wildman–Crippen MR) is 89.0 cm³/mol. The minimum Gasteiger partial charge on any atom is -0.312 e. The van der Waals surface area contributed by atoms with Crippen LogP contribution in [0.5, 0.6) is 0 Å². The van der Waals surface area contributed by atoms with E-state index in [1.54, 1.807) is 0 Å². The van der Waals surface area contributed by atoms with Gasteiger partial charge in [-0.2, -0.15) is 5.10 Å². The van der Waals surface area contributed by atoms with Gasteiger partial charge in [-0.05, 0) is 71.8 Å². The average Bonchev–Trinajstić information content (AvgIpc) is 3.16. The summed E-state index contributed by atoms with van der Waals surface area (Å²) in [6.07, 6.45) is 8.34. The molecule has 0 aromatic carbocycles. The van der Waals surface area contributed by atoms with Gasteiger partial charge in [0, 0.05) is 24.5 Å². The molecular weight excluding hydrogens is 246 g/mol. The number of rotatable bonds is 9. The molecule has 0 heterocycles. The summed E-state index contributed by atoms with van der Waals surface area (Å²) in [5, 5.41) is 9.93. The monoisotopic (exact) mass is 279 g/mol. The molecule has 0 unspecified atom stereocenters. The maximum Gasteiger partial charge on any atom is 0.0468 e. The molecule has 1 rings (SSSR count). The van der Waals surface area contributed by atoms with E-state index >= 15 is 0 Å². The summed E-state index contributed by atoms with van der Waals surface area (Å²) in [5.74, 6) is 0. The topological polar surface area (TPSA) is 27.6 Å². The van der Waals surface area contributed by atoms with E-state index in [1.165, 1.54) is 25.0 Å². The third kappa shape index (κ3) is 5.66. The molecule has 3 nitrogen and oxygen atoms in total. The minimum atomic E-state index is 0.201. The smallest absolute Gasteiger partial charge is 0.0468 e. The summed E-state index contributed by atoms with van der Waals surface area (Å²) in [6, 6.07) is 0. The SMILES string of the molecule is C=NN(CC1(CC)CC1)/C(=C\C)CCCNC(C)(C)C. The van der Waals surface area contributed by atoms with Gasteiger partial charge in [0.05, 0.1) is 0 Å². The Labute approximate surface area is 125 Å². The van der Waals surface area contributed by atoms with Crippen LogP contribution in [0.4, 0.5) is 0 Å². The van der Waals surface area contributed by atoms with Gasteiger partial charge in [0.15, 0.2) is 0 Å². The van der Waals surface area contributed by atoms with Crippen molar-refractivity contribution in [2.75, 3.05) is 13.1 Å². The minimum absolute atomic E-state index is 0.201. The van der Waals surface area contributed by atoms with E-state index in [-0.39, 0.29) is 5.54 Å². The third-order valence-electron chi connectivity index (χ3n) is 4.29. The van der Waals surface area contributed by atoms with Gasteiger partial charge >= 0.3 is 0 Å². The second-order valence-corrected chi connectivity index (χ2v) is 7.11. The van der Waals surface area contributed by atoms with Crippen molar-refractivity contribution < 1.29 is 0 Å². The van der Waals surface area contributed by atoms with E-state index in [9.17, 15) is 0 Å². The standard InChI is InChI=1S/C17H33N3/c1-7-15(10-9-13-19-16(3,4)5)20(18-6)14-17(8-2)11-12-17/h7,19H,6,8-14H2,1-5H3/b15-7-. The second-order valence-electron chi connectivity index (χ2n) is 7.11. The van der Waals surface area contributed by atoms with Crippen LogP contribution in [-0.2, 0) is 0 Å². The Hall–Kier alpha value is -0.830. The second kappa shape index (κ2) is 7.26. The van der Waals surface area contributed by atoms with E-state index in [2.05, 4.69) is 62.8 Å². The Morgan fingerprint density at radius 1 is 1.40 bits per heavy atom. The number of hydrogen-bond donors (Lipinski definition) is 1. The van der Waals surface area contributed by atoms with Crippen molar-refractivity contribution in [1.29, 1.82) is 0 Å². The van der Waals surface area contributed by atoms with Gasteiger partial charge in [-0.1, -0.05) is 13.0 Å². The molecule has 0 aromatic heterocycles. The molecule has 0 aliphatic heterocycles. The molecule has 0 bridgehead atoms. The van der Waals surface area contributed by atoms with Gasteiger partial charge < -0.3 is 5.32 Å². The molecule has 1 fully saturated rings. The lowest BCUT2D eigenvalue weighted by atomic mass is 10.0. The first kappa shape index (κ1) is 17.2. The highest BCUT2D eigenvalue weighted by molar-refractivity contribution is 5.24. The zero-order valence-corrected chi connectivity index (χ0v) is 14.1. The molecular formula is C17H33N3. The normalized spacial score (nSPS) is 17.9. The van der Waals surface area contributed by atoms with Crippen LogP contribution in [-0.4, -0.2) is 30.4 Å². The number of nitrogens with one attached hydrogen (secondary N) is 1. The maximum absolute atomic E-state index is 4.25. The van der Waals surface area contributed by atoms with E-state index in [1.807, 2.05) is 0 Å². The van der Waals surface area contributed by atoms with Crippen LogP contribution in [0, 0.1) is 5.41 Å². The highest BCUT2D eigenvalue weighted by atomic mass is 15.5. The number of hydrazone groups is 1. The van der Waals surface area contributed by atoms with E-state index in [0.29, 0.717) is 5.41 Å². The van der Waals surface area contributed by atoms with Crippen LogP contribution in [0.15, 0.2) is 16.9 Å². The number of nitrogens with zero attached hydrogens (tertiary/aromatic N) is 2. The Bertz CT molecular complexity index is 335. The van der Waals surface area contributed by atoms with Crippen molar-refractivity contribution in [3.05, 3.63) is 11.8 Å². The predicted octanol–water partition coefficient (Wildman–Crippen LogP) is 4.17. The van der Waals surface area contributed by atoms with Crippen molar-refractivity contribution in [1.82, 2.24) is 10.3 Å². The largest absolute Gasteiger partial charge is 0.312 e. The van der Waals surface area contributed by atoms with Crippen molar-refractivity contribution >= 4 is 6.72 Å². The van der Waals surface area contributed by atoms with Gasteiger partial charge in [0.25, 0.3) is 0 Å². The van der Waals surface area contributed by atoms with Crippen LogP contribution in [0.2, 0.25) is 0 Å². The highest BCUT2D eigenvalue weighted by Crippen LogP contribution is 2.49. The summed E-state index contributed by atoms with van der Waals surface area (Å²) in [6.45, 7) is 16.9. The number of hydrogen-bond acceptors (Lipinski definition) is 3. The van der Waals surface area contributed by atoms with Gasteiger partial charge in [0.2, 0.25) is 0 Å². The Balaban J connectivity index is 2.41. The van der Waals surface area contributed by atoms with E-state index in [4.69, 9.17) is 0 Å². The first-order valence-corrected chi connectivity index (χ1v) is 8.00. The lowest BCUT2D eigenvalue weighted by Gasteiger charge is -2.27. The van der Waals surface area contributed by atoms with Crippen molar-refractivity contribution in [3.8, 4) is 0 Å². The van der Waals surface area contributed by atoms with E-state index in [0.717, 1.165) is 25.9 Å². The molecule has 0 amide bonds. The van der Waals surface area contributed by atoms with Gasteiger partial charge in [0.1, 0.15) is 0 Å². The fourth-order valence-electron chi connectivity index (χ4n) is 2.52. The molecule has 20 heavy (non-hydrogen) atoms. The molecule has 1 aliphatic carbocycles. The van der Waals surface area contributed by atoms with Crippen LogP contribution in [0.25, 0.3) is 0 Å². The van der Waals surface area contributed by atoms with Crippen LogP contribution >= 0.6 is 0 Å². The quantitative estimate of drug-likeness (QED) is 0.390. The van der Waals surface area contributed by atoms with Crippen molar-refractivity contribution in [2.24, 2.45) is 10.5 Å². The summed E-state index contributed by atoms with van der Waals surface area (Å²) in [7, 11) is 0. The third-order valence-corrected chi connectivity index (χ3v) is 4.29. The molecule has 0 atom stereocenters. The molecule has 0 spiro atoms. The van der Waals surface area contributed by atoms with Gasteiger partial charge in [-0.3, -0.25) is 5.01 Å². The first-order valence-electron chi connectivity index (χ1n) is 8.00. The van der Waals surface area contributed by atoms with Gasteiger partial charge in [-0.15, -0.1) is 0 Å². The van der Waals surface area contributed by atoms with E-state index < -0.39 is 0 Å². The molecule has 0 radical (unpaired) electrons. The summed E-state index contributed by atoms with van der Waals surface area (Å²) >= 11 is 0. The van der Waals surface area contributed by atoms with Crippen molar-refractivity contribution in [3.63, 3.8) is 0 Å². The maximum atomic E-state index is 4.25. The Morgan fingerprint density at radius 2 is 2.05 bits per heavy atom. The van der Waals surface area contributed by atoms with Crippen LogP contribution in [0.3, 0.4) is 0 Å². The van der Waals surface area contributed by atoms with Gasteiger partial charge in [-0.25, -0.2) is 0 Å². The highest BCUT2D eigenvalue weighted by Gasteiger charge is 2.42. The van der Waals surface area contributed by atoms with Crippen LogP contribution < -0.4 is 5.32 Å². The summed E-state index contributed by atoms with van der Waals surface area (Å²) in [4.78, 5) is 0. The Kier molecular flexibility index (Phi) is 6.25. The zero-order valence-electron chi connectivity index (χ0n) is 14.1. The first-order chi connectivity index (χ1) is 9.36. The lowest BCUT2D eigenvalue weighted by Crippen LogP contribution is -2.36. The van der Waals surface area contributed by atoms with Crippen molar-refractivity contribution in [2.45, 2.75) is 72.3 Å². The zero-order chi connectivity index (χ0) is 15.2. The molecule has 1 N–H and O–H groups in total. The lowest BCUT2D eigenvalue weighted by molar-refractivity contribution is 0.267. The summed E-state index contributed by atoms with van der Waals surface area (Å²) in [5.41, 5.74) is 2.03. The fraction of sp³-hybridized carbons (Fsp3) is 0.824. The molecule has 3 heteroatoms. The number of allylic oxidation sites excluding steroid dienone is 2.